The van der Waals surface area contributed by atoms with Crippen molar-refractivity contribution in [1.82, 2.24) is 0 Å². The Morgan fingerprint density at radius 2 is 2.16 bits per heavy atom. The van der Waals surface area contributed by atoms with E-state index in [1.165, 1.54) is 18.4 Å². The number of hydrogen-bond donors (Lipinski definition) is 1. The van der Waals surface area contributed by atoms with E-state index in [0.29, 0.717) is 6.61 Å². The molecule has 3 nitrogen and oxygen atoms in total. The molecule has 0 saturated carbocycles. The maximum absolute atomic E-state index is 10.0. The summed E-state index contributed by atoms with van der Waals surface area (Å²) in [5.41, 5.74) is 2.24. The van der Waals surface area contributed by atoms with E-state index in [2.05, 4.69) is 0 Å². The highest BCUT2D eigenvalue weighted by molar-refractivity contribution is 5.42. The summed E-state index contributed by atoms with van der Waals surface area (Å²) >= 11 is 0. The number of hydrogen-bond acceptors (Lipinski definition) is 3. The van der Waals surface area contributed by atoms with Gasteiger partial charge in [-0.1, -0.05) is 12.1 Å². The van der Waals surface area contributed by atoms with Crippen LogP contribution >= 0.6 is 0 Å². The Balaban J connectivity index is 1.69. The zero-order chi connectivity index (χ0) is 13.1. The number of rotatable bonds is 3. The maximum atomic E-state index is 10.0. The topological polar surface area (TPSA) is 38.7 Å². The summed E-state index contributed by atoms with van der Waals surface area (Å²) in [6.07, 6.45) is 6.32. The Morgan fingerprint density at radius 3 is 3.00 bits per heavy atom. The molecule has 2 aliphatic rings. The molecule has 104 valence electrons. The normalized spacial score (nSPS) is 26.8. The Bertz CT molecular complexity index is 424. The Kier molecular flexibility index (Phi) is 4.04. The van der Waals surface area contributed by atoms with Gasteiger partial charge >= 0.3 is 0 Å². The molecule has 0 spiro atoms. The molecule has 1 aromatic rings. The van der Waals surface area contributed by atoms with Gasteiger partial charge in [-0.05, 0) is 55.7 Å². The number of fused-ring (bicyclic) bond motifs is 1. The van der Waals surface area contributed by atoms with Crippen LogP contribution in [0.25, 0.3) is 0 Å². The predicted molar refractivity (Wildman–Crippen MR) is 73.4 cm³/mol. The molecule has 3 rings (SSSR count). The van der Waals surface area contributed by atoms with Crippen LogP contribution in [0.15, 0.2) is 18.2 Å². The van der Waals surface area contributed by atoms with Crippen molar-refractivity contribution in [3.8, 4) is 5.75 Å². The van der Waals surface area contributed by atoms with Crippen molar-refractivity contribution in [3.05, 3.63) is 29.3 Å². The predicted octanol–water partition coefficient (Wildman–Crippen LogP) is 3.00. The SMILES string of the molecule is OC1CCCc2c(OCC3CCCCO3)cccc21. The van der Waals surface area contributed by atoms with E-state index in [1.807, 2.05) is 18.2 Å². The van der Waals surface area contributed by atoms with Crippen LogP contribution in [-0.2, 0) is 11.2 Å². The first kappa shape index (κ1) is 12.9. The van der Waals surface area contributed by atoms with Crippen molar-refractivity contribution in [2.45, 2.75) is 50.7 Å². The van der Waals surface area contributed by atoms with Crippen molar-refractivity contribution >= 4 is 0 Å². The molecule has 0 amide bonds. The van der Waals surface area contributed by atoms with Crippen LogP contribution in [0.5, 0.6) is 5.75 Å². The molecule has 1 fully saturated rings. The van der Waals surface area contributed by atoms with Gasteiger partial charge in [-0.3, -0.25) is 0 Å². The fourth-order valence-corrected chi connectivity index (χ4v) is 3.05. The first-order valence-corrected chi connectivity index (χ1v) is 7.39. The largest absolute Gasteiger partial charge is 0.491 e. The molecule has 0 radical (unpaired) electrons. The van der Waals surface area contributed by atoms with E-state index in [0.717, 1.165) is 43.6 Å². The van der Waals surface area contributed by atoms with Gasteiger partial charge in [0.15, 0.2) is 0 Å². The summed E-state index contributed by atoms with van der Waals surface area (Å²) in [5, 5.41) is 10.0. The van der Waals surface area contributed by atoms with Gasteiger partial charge in [0.1, 0.15) is 12.4 Å². The van der Waals surface area contributed by atoms with E-state index in [4.69, 9.17) is 9.47 Å². The molecule has 3 heteroatoms. The lowest BCUT2D eigenvalue weighted by atomic mass is 9.89. The standard InChI is InChI=1S/C16H22O3/c17-15-8-3-7-14-13(15)6-4-9-16(14)19-11-12-5-1-2-10-18-12/h4,6,9,12,15,17H,1-3,5,7-8,10-11H2. The molecule has 1 aliphatic carbocycles. The minimum atomic E-state index is -0.321. The second kappa shape index (κ2) is 5.93. The van der Waals surface area contributed by atoms with Crippen molar-refractivity contribution in [2.75, 3.05) is 13.2 Å². The number of benzene rings is 1. The first-order valence-electron chi connectivity index (χ1n) is 7.39. The molecule has 1 heterocycles. The minimum absolute atomic E-state index is 0.234. The van der Waals surface area contributed by atoms with Crippen LogP contribution in [0.3, 0.4) is 0 Å². The zero-order valence-electron chi connectivity index (χ0n) is 11.3. The quantitative estimate of drug-likeness (QED) is 0.910. The molecule has 19 heavy (non-hydrogen) atoms. The fourth-order valence-electron chi connectivity index (χ4n) is 3.05. The molecule has 0 bridgehead atoms. The minimum Gasteiger partial charge on any atom is -0.491 e. The van der Waals surface area contributed by atoms with Crippen LogP contribution in [0.2, 0.25) is 0 Å². The molecule has 1 aliphatic heterocycles. The highest BCUT2D eigenvalue weighted by atomic mass is 16.5. The summed E-state index contributed by atoms with van der Waals surface area (Å²) < 4.78 is 11.6. The monoisotopic (exact) mass is 262 g/mol. The average molecular weight is 262 g/mol. The second-order valence-electron chi connectivity index (χ2n) is 5.53. The van der Waals surface area contributed by atoms with Crippen LogP contribution in [0.4, 0.5) is 0 Å². The third-order valence-electron chi connectivity index (χ3n) is 4.13. The van der Waals surface area contributed by atoms with Gasteiger partial charge in [0.05, 0.1) is 12.2 Å². The molecule has 1 N–H and O–H groups in total. The summed E-state index contributed by atoms with van der Waals surface area (Å²) in [5.74, 6) is 0.936. The summed E-state index contributed by atoms with van der Waals surface area (Å²) in [7, 11) is 0. The van der Waals surface area contributed by atoms with Gasteiger partial charge < -0.3 is 14.6 Å². The lowest BCUT2D eigenvalue weighted by Crippen LogP contribution is -2.26. The fraction of sp³-hybridized carbons (Fsp3) is 0.625. The average Bonchev–Trinajstić information content (AvgIpc) is 2.47. The molecule has 1 aromatic carbocycles. The van der Waals surface area contributed by atoms with Gasteiger partial charge in [0.2, 0.25) is 0 Å². The molecule has 2 atom stereocenters. The summed E-state index contributed by atoms with van der Waals surface area (Å²) in [4.78, 5) is 0. The molecule has 1 saturated heterocycles. The number of ether oxygens (including phenoxy) is 2. The van der Waals surface area contributed by atoms with E-state index < -0.39 is 0 Å². The molecule has 0 aromatic heterocycles. The Morgan fingerprint density at radius 1 is 1.21 bits per heavy atom. The van der Waals surface area contributed by atoms with Crippen LogP contribution in [0.1, 0.15) is 49.3 Å². The van der Waals surface area contributed by atoms with E-state index in [9.17, 15) is 5.11 Å². The summed E-state index contributed by atoms with van der Waals surface area (Å²) in [6.45, 7) is 1.49. The Labute approximate surface area is 114 Å². The third kappa shape index (κ3) is 2.93. The van der Waals surface area contributed by atoms with Crippen molar-refractivity contribution in [2.24, 2.45) is 0 Å². The smallest absolute Gasteiger partial charge is 0.122 e. The van der Waals surface area contributed by atoms with Crippen LogP contribution in [-0.4, -0.2) is 24.4 Å². The van der Waals surface area contributed by atoms with Gasteiger partial charge in [-0.15, -0.1) is 0 Å². The van der Waals surface area contributed by atoms with Gasteiger partial charge in [0, 0.05) is 6.61 Å². The maximum Gasteiger partial charge on any atom is 0.122 e. The van der Waals surface area contributed by atoms with Crippen LogP contribution < -0.4 is 4.74 Å². The highest BCUT2D eigenvalue weighted by Crippen LogP contribution is 2.35. The lowest BCUT2D eigenvalue weighted by Gasteiger charge is -2.26. The van der Waals surface area contributed by atoms with Crippen molar-refractivity contribution in [3.63, 3.8) is 0 Å². The molecular formula is C16H22O3. The molecule has 2 unspecified atom stereocenters. The van der Waals surface area contributed by atoms with Gasteiger partial charge in [-0.2, -0.15) is 0 Å². The number of aliphatic hydroxyl groups is 1. The molecular weight excluding hydrogens is 240 g/mol. The summed E-state index contributed by atoms with van der Waals surface area (Å²) in [6, 6.07) is 6.01. The van der Waals surface area contributed by atoms with E-state index >= 15 is 0 Å². The van der Waals surface area contributed by atoms with Gasteiger partial charge in [-0.25, -0.2) is 0 Å². The van der Waals surface area contributed by atoms with Crippen LogP contribution in [0, 0.1) is 0 Å². The van der Waals surface area contributed by atoms with Crippen molar-refractivity contribution in [1.29, 1.82) is 0 Å². The first-order chi connectivity index (χ1) is 9.34. The van der Waals surface area contributed by atoms with Crippen molar-refractivity contribution < 1.29 is 14.6 Å². The zero-order valence-corrected chi connectivity index (χ0v) is 11.3. The van der Waals surface area contributed by atoms with E-state index in [1.54, 1.807) is 0 Å². The van der Waals surface area contributed by atoms with Gasteiger partial charge in [0.25, 0.3) is 0 Å². The lowest BCUT2D eigenvalue weighted by molar-refractivity contribution is -0.0113. The number of aliphatic hydroxyl groups excluding tert-OH is 1. The van der Waals surface area contributed by atoms with E-state index in [-0.39, 0.29) is 12.2 Å². The second-order valence-corrected chi connectivity index (χ2v) is 5.53. The highest BCUT2D eigenvalue weighted by Gasteiger charge is 2.22. The Hall–Kier alpha value is -1.06. The third-order valence-corrected chi connectivity index (χ3v) is 4.13.